The average molecular weight is 330 g/mol. The first-order valence-electron chi connectivity index (χ1n) is 7.24. The van der Waals surface area contributed by atoms with Crippen LogP contribution in [0.5, 0.6) is 0 Å². The number of rotatable bonds is 5. The monoisotopic (exact) mass is 329 g/mol. The molecule has 0 unspecified atom stereocenters. The van der Waals surface area contributed by atoms with Gasteiger partial charge in [0.15, 0.2) is 0 Å². The zero-order valence-electron chi connectivity index (χ0n) is 12.3. The van der Waals surface area contributed by atoms with Crippen LogP contribution in [0.1, 0.15) is 47.5 Å². The number of thiophene rings is 1. The molecule has 1 atom stereocenters. The molecule has 1 aromatic rings. The number of ether oxygens (including phenoxy) is 1. The molecule has 0 radical (unpaired) electrons. The van der Waals surface area contributed by atoms with Gasteiger partial charge >= 0.3 is 5.97 Å². The van der Waals surface area contributed by atoms with E-state index < -0.39 is 0 Å². The molecule has 0 aromatic carbocycles. The number of nitrogens with one attached hydrogen (secondary N) is 1. The highest BCUT2D eigenvalue weighted by molar-refractivity contribution is 7.17. The van der Waals surface area contributed by atoms with Crippen LogP contribution in [0.3, 0.4) is 0 Å². The quantitative estimate of drug-likeness (QED) is 0.663. The summed E-state index contributed by atoms with van der Waals surface area (Å²) in [4.78, 5) is 25.2. The summed E-state index contributed by atoms with van der Waals surface area (Å²) in [7, 11) is 0. The second kappa shape index (κ2) is 7.27. The lowest BCUT2D eigenvalue weighted by Crippen LogP contribution is -2.16. The number of anilines is 1. The van der Waals surface area contributed by atoms with E-state index in [1.54, 1.807) is 6.92 Å². The molecule has 0 saturated heterocycles. The van der Waals surface area contributed by atoms with Crippen LogP contribution in [0.4, 0.5) is 5.00 Å². The summed E-state index contributed by atoms with van der Waals surface area (Å²) in [6.45, 7) is 4.32. The summed E-state index contributed by atoms with van der Waals surface area (Å²) in [5.41, 5.74) is 1.60. The third-order valence-electron chi connectivity index (χ3n) is 3.57. The Balaban J connectivity index is 2.33. The van der Waals surface area contributed by atoms with Gasteiger partial charge in [0.05, 0.1) is 12.2 Å². The van der Waals surface area contributed by atoms with Crippen LogP contribution in [-0.4, -0.2) is 24.4 Å². The van der Waals surface area contributed by atoms with Gasteiger partial charge < -0.3 is 10.1 Å². The molecule has 1 aromatic heterocycles. The van der Waals surface area contributed by atoms with Gasteiger partial charge in [-0.3, -0.25) is 4.79 Å². The Morgan fingerprint density at radius 3 is 2.90 bits per heavy atom. The normalized spacial score (nSPS) is 17.2. The van der Waals surface area contributed by atoms with E-state index in [0.29, 0.717) is 23.1 Å². The number of hydrogen-bond donors (Lipinski definition) is 1. The molecule has 2 rings (SSSR count). The maximum Gasteiger partial charge on any atom is 0.341 e. The summed E-state index contributed by atoms with van der Waals surface area (Å²) in [6.07, 6.45) is 3.12. The molecule has 1 heterocycles. The van der Waals surface area contributed by atoms with Crippen molar-refractivity contribution in [3.8, 4) is 0 Å². The molecule has 1 amide bonds. The van der Waals surface area contributed by atoms with E-state index in [0.717, 1.165) is 24.8 Å². The molecule has 1 N–H and O–H groups in total. The number of hydrogen-bond acceptors (Lipinski definition) is 4. The van der Waals surface area contributed by atoms with Crippen molar-refractivity contribution >= 4 is 39.8 Å². The number of esters is 1. The lowest BCUT2D eigenvalue weighted by molar-refractivity contribution is -0.115. The van der Waals surface area contributed by atoms with Crippen molar-refractivity contribution in [2.45, 2.75) is 39.5 Å². The van der Waals surface area contributed by atoms with Crippen molar-refractivity contribution in [3.63, 3.8) is 0 Å². The van der Waals surface area contributed by atoms with Gasteiger partial charge in [-0.25, -0.2) is 4.79 Å². The highest BCUT2D eigenvalue weighted by Gasteiger charge is 2.28. The van der Waals surface area contributed by atoms with Crippen LogP contribution >= 0.6 is 22.9 Å². The van der Waals surface area contributed by atoms with E-state index in [2.05, 4.69) is 12.2 Å². The first-order valence-corrected chi connectivity index (χ1v) is 8.59. The van der Waals surface area contributed by atoms with E-state index in [9.17, 15) is 9.59 Å². The molecule has 0 aliphatic heterocycles. The Bertz CT molecular complexity index is 541. The topological polar surface area (TPSA) is 55.4 Å². The van der Waals surface area contributed by atoms with Gasteiger partial charge in [-0.15, -0.1) is 22.9 Å². The summed E-state index contributed by atoms with van der Waals surface area (Å²) < 4.78 is 5.15. The third kappa shape index (κ3) is 3.77. The van der Waals surface area contributed by atoms with E-state index in [1.165, 1.54) is 16.2 Å². The Morgan fingerprint density at radius 1 is 1.48 bits per heavy atom. The number of halogens is 1. The maximum atomic E-state index is 12.2. The smallest absolute Gasteiger partial charge is 0.341 e. The van der Waals surface area contributed by atoms with Crippen molar-refractivity contribution in [2.24, 2.45) is 5.92 Å². The molecular weight excluding hydrogens is 310 g/mol. The number of fused-ring (bicyclic) bond motifs is 1. The molecular formula is C15H20ClNO3S. The number of alkyl halides is 1. The van der Waals surface area contributed by atoms with Gasteiger partial charge in [-0.1, -0.05) is 6.92 Å². The number of carbonyl (C=O) groups is 2. The summed E-state index contributed by atoms with van der Waals surface area (Å²) in [6, 6.07) is 0. The summed E-state index contributed by atoms with van der Waals surface area (Å²) >= 11 is 7.08. The van der Waals surface area contributed by atoms with Crippen LogP contribution in [0.2, 0.25) is 0 Å². The van der Waals surface area contributed by atoms with Crippen LogP contribution in [0, 0.1) is 5.92 Å². The van der Waals surface area contributed by atoms with Crippen molar-refractivity contribution in [3.05, 3.63) is 16.0 Å². The first kappa shape index (κ1) is 16.3. The van der Waals surface area contributed by atoms with Crippen LogP contribution in [0.25, 0.3) is 0 Å². The Kier molecular flexibility index (Phi) is 5.65. The minimum Gasteiger partial charge on any atom is -0.462 e. The summed E-state index contributed by atoms with van der Waals surface area (Å²) in [5.74, 6) is 0.369. The van der Waals surface area contributed by atoms with Crippen LogP contribution in [0.15, 0.2) is 0 Å². The Hall–Kier alpha value is -1.07. The predicted molar refractivity (Wildman–Crippen MR) is 85.4 cm³/mol. The highest BCUT2D eigenvalue weighted by atomic mass is 35.5. The largest absolute Gasteiger partial charge is 0.462 e. The standard InChI is InChI=1S/C15H20ClNO3S/c1-3-20-15(19)13-10-5-4-9(2)8-11(10)21-14(13)17-12(18)6-7-16/h9H,3-8H2,1-2H3,(H,17,18)/t9-/m0/s1. The summed E-state index contributed by atoms with van der Waals surface area (Å²) in [5, 5.41) is 3.43. The van der Waals surface area contributed by atoms with Crippen LogP contribution in [-0.2, 0) is 22.4 Å². The molecule has 116 valence electrons. The average Bonchev–Trinajstić information content (AvgIpc) is 2.75. The van der Waals surface area contributed by atoms with Gasteiger partial charge in [-0.05, 0) is 37.7 Å². The van der Waals surface area contributed by atoms with Crippen molar-refractivity contribution < 1.29 is 14.3 Å². The third-order valence-corrected chi connectivity index (χ3v) is 4.92. The minimum atomic E-state index is -0.342. The van der Waals surface area contributed by atoms with Crippen molar-refractivity contribution in [1.82, 2.24) is 0 Å². The van der Waals surface area contributed by atoms with Gasteiger partial charge in [0.25, 0.3) is 0 Å². The fourth-order valence-electron chi connectivity index (χ4n) is 2.53. The van der Waals surface area contributed by atoms with Crippen LogP contribution < -0.4 is 5.32 Å². The zero-order valence-corrected chi connectivity index (χ0v) is 13.9. The van der Waals surface area contributed by atoms with E-state index in [1.807, 2.05) is 0 Å². The SMILES string of the molecule is CCOC(=O)c1c(NC(=O)CCCl)sc2c1CC[C@H](C)C2. The molecule has 21 heavy (non-hydrogen) atoms. The molecule has 0 bridgehead atoms. The van der Waals surface area contributed by atoms with Gasteiger partial charge in [-0.2, -0.15) is 0 Å². The maximum absolute atomic E-state index is 12.2. The molecule has 0 fully saturated rings. The van der Waals surface area contributed by atoms with Crippen molar-refractivity contribution in [2.75, 3.05) is 17.8 Å². The lowest BCUT2D eigenvalue weighted by atomic mass is 9.88. The second-order valence-electron chi connectivity index (χ2n) is 5.26. The van der Waals surface area contributed by atoms with Gasteiger partial charge in [0.2, 0.25) is 5.91 Å². The number of carbonyl (C=O) groups excluding carboxylic acids is 2. The molecule has 1 aliphatic carbocycles. The molecule has 6 heteroatoms. The van der Waals surface area contributed by atoms with Crippen molar-refractivity contribution in [1.29, 1.82) is 0 Å². The van der Waals surface area contributed by atoms with E-state index in [-0.39, 0.29) is 24.2 Å². The zero-order chi connectivity index (χ0) is 15.4. The Labute approximate surface area is 133 Å². The highest BCUT2D eigenvalue weighted by Crippen LogP contribution is 2.40. The molecule has 1 aliphatic rings. The van der Waals surface area contributed by atoms with Gasteiger partial charge in [0, 0.05) is 17.2 Å². The molecule has 0 saturated carbocycles. The minimum absolute atomic E-state index is 0.165. The fraction of sp³-hybridized carbons (Fsp3) is 0.600. The lowest BCUT2D eigenvalue weighted by Gasteiger charge is -2.18. The predicted octanol–water partition coefficient (Wildman–Crippen LogP) is 3.62. The molecule has 0 spiro atoms. The Morgan fingerprint density at radius 2 is 2.24 bits per heavy atom. The van der Waals surface area contributed by atoms with E-state index in [4.69, 9.17) is 16.3 Å². The second-order valence-corrected chi connectivity index (χ2v) is 6.75. The van der Waals surface area contributed by atoms with Gasteiger partial charge in [0.1, 0.15) is 5.00 Å². The van der Waals surface area contributed by atoms with E-state index >= 15 is 0 Å². The molecule has 4 nitrogen and oxygen atoms in total. The first-order chi connectivity index (χ1) is 10.1. The number of amides is 1. The fourth-order valence-corrected chi connectivity index (χ4v) is 4.12.